The van der Waals surface area contributed by atoms with Crippen molar-refractivity contribution in [2.24, 2.45) is 0 Å². The monoisotopic (exact) mass is 409 g/mol. The second-order valence-corrected chi connectivity index (χ2v) is 9.40. The van der Waals surface area contributed by atoms with E-state index < -0.39 is 0 Å². The van der Waals surface area contributed by atoms with Gasteiger partial charge in [0, 0.05) is 21.9 Å². The highest BCUT2D eigenvalue weighted by molar-refractivity contribution is 6.20. The maximum absolute atomic E-state index is 2.42. The van der Waals surface area contributed by atoms with E-state index >= 15 is 0 Å². The van der Waals surface area contributed by atoms with Crippen molar-refractivity contribution in [3.8, 4) is 16.8 Å². The van der Waals surface area contributed by atoms with Crippen LogP contribution >= 0.6 is 0 Å². The molecule has 0 unspecified atom stereocenters. The third-order valence-electron chi connectivity index (χ3n) is 7.37. The predicted molar refractivity (Wildman–Crippen MR) is 136 cm³/mol. The van der Waals surface area contributed by atoms with Gasteiger partial charge in [0.2, 0.25) is 0 Å². The zero-order chi connectivity index (χ0) is 21.4. The lowest BCUT2D eigenvalue weighted by atomic mass is 9.68. The fraction of sp³-hybridized carbons (Fsp3) is 0.0968. The van der Waals surface area contributed by atoms with Gasteiger partial charge in [-0.05, 0) is 57.3 Å². The average Bonchev–Trinajstić information content (AvgIpc) is 3.17. The van der Waals surface area contributed by atoms with Gasteiger partial charge in [-0.1, -0.05) is 92.7 Å². The molecule has 0 N–H and O–H groups in total. The molecule has 1 aliphatic rings. The summed E-state index contributed by atoms with van der Waals surface area (Å²) in [5.41, 5.74) is 9.24. The van der Waals surface area contributed by atoms with E-state index in [9.17, 15) is 0 Å². The van der Waals surface area contributed by atoms with Crippen LogP contribution in [-0.4, -0.2) is 4.57 Å². The van der Waals surface area contributed by atoms with Crippen LogP contribution < -0.4 is 0 Å². The summed E-state index contributed by atoms with van der Waals surface area (Å²) in [4.78, 5) is 0. The minimum Gasteiger partial charge on any atom is -0.309 e. The molecule has 152 valence electrons. The zero-order valence-corrected chi connectivity index (χ0v) is 18.3. The summed E-state index contributed by atoms with van der Waals surface area (Å²) >= 11 is 0. The molecule has 1 aromatic heterocycles. The Morgan fingerprint density at radius 3 is 2.16 bits per heavy atom. The number of benzene rings is 5. The number of rotatable bonds is 1. The number of aromatic nitrogens is 1. The number of fused-ring (bicyclic) bond motifs is 6. The van der Waals surface area contributed by atoms with Crippen molar-refractivity contribution < 1.29 is 0 Å². The molecule has 1 nitrogen and oxygen atoms in total. The summed E-state index contributed by atoms with van der Waals surface area (Å²) in [6, 6.07) is 37.8. The van der Waals surface area contributed by atoms with Crippen LogP contribution in [-0.2, 0) is 5.41 Å². The van der Waals surface area contributed by atoms with Gasteiger partial charge < -0.3 is 4.57 Å². The molecule has 32 heavy (non-hydrogen) atoms. The number of hydrogen-bond acceptors (Lipinski definition) is 0. The molecule has 0 radical (unpaired) electrons. The van der Waals surface area contributed by atoms with E-state index in [2.05, 4.69) is 122 Å². The van der Waals surface area contributed by atoms with Crippen LogP contribution in [0.4, 0.5) is 0 Å². The predicted octanol–water partition coefficient (Wildman–Crippen LogP) is 8.24. The van der Waals surface area contributed by atoms with Crippen molar-refractivity contribution in [2.45, 2.75) is 19.3 Å². The standard InChI is InChI=1S/C31H23N/c1-31(2)24-16-9-11-20-10-8-15-23(28(20)24)29-25(31)18-19-27-30(29)22-14-6-7-17-26(22)32(27)21-12-4-3-5-13-21/h3-19H,1-2H3. The molecule has 0 fully saturated rings. The minimum atomic E-state index is -0.0622. The molecule has 0 bridgehead atoms. The quantitative estimate of drug-likeness (QED) is 0.258. The van der Waals surface area contributed by atoms with Crippen molar-refractivity contribution in [3.05, 3.63) is 114 Å². The highest BCUT2D eigenvalue weighted by Gasteiger charge is 2.35. The summed E-state index contributed by atoms with van der Waals surface area (Å²) < 4.78 is 2.42. The van der Waals surface area contributed by atoms with Gasteiger partial charge in [0.25, 0.3) is 0 Å². The van der Waals surface area contributed by atoms with Gasteiger partial charge in [0.05, 0.1) is 11.0 Å². The second-order valence-electron chi connectivity index (χ2n) is 9.40. The molecule has 0 aliphatic heterocycles. The van der Waals surface area contributed by atoms with Gasteiger partial charge in [-0.2, -0.15) is 0 Å². The van der Waals surface area contributed by atoms with E-state index in [1.807, 2.05) is 0 Å². The normalized spacial score (nSPS) is 14.2. The van der Waals surface area contributed by atoms with Crippen LogP contribution in [0.1, 0.15) is 25.0 Å². The molecule has 7 rings (SSSR count). The first-order valence-electron chi connectivity index (χ1n) is 11.3. The molecule has 0 spiro atoms. The topological polar surface area (TPSA) is 4.93 Å². The molecular formula is C31H23N. The molecule has 1 heteroatoms. The van der Waals surface area contributed by atoms with Gasteiger partial charge in [-0.25, -0.2) is 0 Å². The third-order valence-corrected chi connectivity index (χ3v) is 7.37. The van der Waals surface area contributed by atoms with Crippen LogP contribution in [0, 0.1) is 0 Å². The number of nitrogens with zero attached hydrogens (tertiary/aromatic N) is 1. The second kappa shape index (κ2) is 6.11. The Balaban J connectivity index is 1.74. The van der Waals surface area contributed by atoms with Crippen LogP contribution in [0.25, 0.3) is 49.4 Å². The van der Waals surface area contributed by atoms with E-state index in [0.717, 1.165) is 0 Å². The van der Waals surface area contributed by atoms with Crippen molar-refractivity contribution in [2.75, 3.05) is 0 Å². The van der Waals surface area contributed by atoms with Gasteiger partial charge >= 0.3 is 0 Å². The Labute approximate surface area is 187 Å². The van der Waals surface area contributed by atoms with E-state index in [0.29, 0.717) is 0 Å². The van der Waals surface area contributed by atoms with Crippen LogP contribution in [0.15, 0.2) is 103 Å². The van der Waals surface area contributed by atoms with Gasteiger partial charge in [-0.3, -0.25) is 0 Å². The van der Waals surface area contributed by atoms with Crippen molar-refractivity contribution in [3.63, 3.8) is 0 Å². The highest BCUT2D eigenvalue weighted by atomic mass is 15.0. The lowest BCUT2D eigenvalue weighted by Crippen LogP contribution is -2.23. The number of para-hydroxylation sites is 2. The van der Waals surface area contributed by atoms with E-state index in [1.54, 1.807) is 0 Å². The average molecular weight is 410 g/mol. The molecule has 1 heterocycles. The summed E-state index contributed by atoms with van der Waals surface area (Å²) in [5.74, 6) is 0. The maximum atomic E-state index is 2.42. The Bertz CT molecular complexity index is 1680. The molecule has 1 aliphatic carbocycles. The molecule has 0 amide bonds. The summed E-state index contributed by atoms with van der Waals surface area (Å²) in [6.45, 7) is 4.75. The first kappa shape index (κ1) is 17.8. The summed E-state index contributed by atoms with van der Waals surface area (Å²) in [6.07, 6.45) is 0. The summed E-state index contributed by atoms with van der Waals surface area (Å²) in [5, 5.41) is 5.39. The number of hydrogen-bond donors (Lipinski definition) is 0. The first-order valence-corrected chi connectivity index (χ1v) is 11.3. The van der Waals surface area contributed by atoms with Gasteiger partial charge in [0.1, 0.15) is 0 Å². The molecule has 6 aromatic rings. The molecular weight excluding hydrogens is 386 g/mol. The molecule has 0 saturated heterocycles. The van der Waals surface area contributed by atoms with E-state index in [4.69, 9.17) is 0 Å². The first-order chi connectivity index (χ1) is 15.7. The molecule has 0 saturated carbocycles. The Morgan fingerprint density at radius 2 is 1.31 bits per heavy atom. The summed E-state index contributed by atoms with van der Waals surface area (Å²) in [7, 11) is 0. The largest absolute Gasteiger partial charge is 0.309 e. The third kappa shape index (κ3) is 2.13. The van der Waals surface area contributed by atoms with Crippen LogP contribution in [0.3, 0.4) is 0 Å². The van der Waals surface area contributed by atoms with Crippen molar-refractivity contribution >= 4 is 32.6 Å². The lowest BCUT2D eigenvalue weighted by molar-refractivity contribution is 0.646. The van der Waals surface area contributed by atoms with Gasteiger partial charge in [0.15, 0.2) is 0 Å². The van der Waals surface area contributed by atoms with Gasteiger partial charge in [-0.15, -0.1) is 0 Å². The SMILES string of the molecule is CC1(C)c2ccc3c(c2-c2cccc4cccc1c24)c1ccccc1n3-c1ccccc1. The van der Waals surface area contributed by atoms with Crippen LogP contribution in [0.5, 0.6) is 0 Å². The van der Waals surface area contributed by atoms with Crippen molar-refractivity contribution in [1.82, 2.24) is 4.57 Å². The zero-order valence-electron chi connectivity index (χ0n) is 18.3. The Morgan fingerprint density at radius 1 is 0.562 bits per heavy atom. The highest BCUT2D eigenvalue weighted by Crippen LogP contribution is 2.52. The van der Waals surface area contributed by atoms with E-state index in [-0.39, 0.29) is 5.41 Å². The van der Waals surface area contributed by atoms with E-state index in [1.165, 1.54) is 60.5 Å². The molecule has 0 atom stereocenters. The minimum absolute atomic E-state index is 0.0622. The molecule has 5 aromatic carbocycles. The maximum Gasteiger partial charge on any atom is 0.0547 e. The van der Waals surface area contributed by atoms with Crippen LogP contribution in [0.2, 0.25) is 0 Å². The fourth-order valence-corrected chi connectivity index (χ4v) is 5.93. The Kier molecular flexibility index (Phi) is 3.40. The van der Waals surface area contributed by atoms with Crippen molar-refractivity contribution in [1.29, 1.82) is 0 Å². The lowest BCUT2D eigenvalue weighted by Gasteiger charge is -2.35. The fourth-order valence-electron chi connectivity index (χ4n) is 5.93. The Hall–Kier alpha value is -3.84. The smallest absolute Gasteiger partial charge is 0.0547 e.